The van der Waals surface area contributed by atoms with E-state index in [0.29, 0.717) is 10.4 Å². The zero-order valence-electron chi connectivity index (χ0n) is 6.38. The molecule has 0 aliphatic heterocycles. The van der Waals surface area contributed by atoms with Crippen LogP contribution >= 0.6 is 0 Å². The maximum Gasteiger partial charge on any atom is 0.404 e. The Morgan fingerprint density at radius 3 is 2.45 bits per heavy atom. The van der Waals surface area contributed by atoms with Crippen molar-refractivity contribution < 1.29 is 13.5 Å². The van der Waals surface area contributed by atoms with E-state index in [9.17, 15) is 8.78 Å². The molecule has 1 heterocycles. The highest BCUT2D eigenvalue weighted by Gasteiger charge is 2.18. The molecular weight excluding hydrogens is 152 g/mol. The highest BCUT2D eigenvalue weighted by Crippen LogP contribution is 2.08. The van der Waals surface area contributed by atoms with Crippen LogP contribution in [-0.2, 0) is 0 Å². The number of hydrogen-bond acceptors (Lipinski definition) is 1. The van der Waals surface area contributed by atoms with Crippen LogP contribution in [0.4, 0.5) is 8.78 Å². The van der Waals surface area contributed by atoms with E-state index in [1.807, 2.05) is 13.8 Å². The van der Waals surface area contributed by atoms with E-state index < -0.39 is 6.55 Å². The molecule has 1 aromatic rings. The molecule has 0 spiro atoms. The van der Waals surface area contributed by atoms with Crippen LogP contribution in [0.25, 0.3) is 0 Å². The fourth-order valence-electron chi connectivity index (χ4n) is 0.694. The van der Waals surface area contributed by atoms with Crippen LogP contribution in [0.15, 0.2) is 6.20 Å². The monoisotopic (exact) mass is 162 g/mol. The van der Waals surface area contributed by atoms with Gasteiger partial charge in [0, 0.05) is 11.0 Å². The third-order valence-corrected chi connectivity index (χ3v) is 1.37. The fourth-order valence-corrected chi connectivity index (χ4v) is 0.694. The van der Waals surface area contributed by atoms with Crippen molar-refractivity contribution >= 4 is 0 Å². The minimum absolute atomic E-state index is 0.172. The number of halogens is 2. The van der Waals surface area contributed by atoms with Crippen molar-refractivity contribution in [1.29, 1.82) is 0 Å². The first-order valence-corrected chi connectivity index (χ1v) is 3.36. The van der Waals surface area contributed by atoms with Crippen LogP contribution in [0, 0.1) is 0 Å². The zero-order chi connectivity index (χ0) is 8.43. The van der Waals surface area contributed by atoms with Crippen LogP contribution < -0.4 is 4.68 Å². The van der Waals surface area contributed by atoms with Gasteiger partial charge in [-0.05, 0) is 0 Å². The molecule has 0 aliphatic rings. The number of alkyl halides is 2. The molecular formula is C6H10F2N3+. The fraction of sp³-hybridized carbons (Fsp3) is 0.667. The van der Waals surface area contributed by atoms with Crippen LogP contribution in [0.1, 0.15) is 32.0 Å². The minimum atomic E-state index is -2.53. The van der Waals surface area contributed by atoms with Crippen molar-refractivity contribution in [2.24, 2.45) is 0 Å². The predicted molar refractivity (Wildman–Crippen MR) is 34.1 cm³/mol. The Bertz CT molecular complexity index is 209. The Hall–Kier alpha value is -1.00. The maximum atomic E-state index is 11.9. The van der Waals surface area contributed by atoms with Crippen molar-refractivity contribution in [1.82, 2.24) is 10.3 Å². The van der Waals surface area contributed by atoms with Gasteiger partial charge in [0.15, 0.2) is 6.20 Å². The first kappa shape index (κ1) is 8.10. The maximum absolute atomic E-state index is 11.9. The topological polar surface area (TPSA) is 32.6 Å². The molecule has 0 saturated heterocycles. The number of nitrogens with zero attached hydrogens (tertiary/aromatic N) is 2. The first-order valence-electron chi connectivity index (χ1n) is 3.36. The summed E-state index contributed by atoms with van der Waals surface area (Å²) in [6.07, 6.45) is 1.31. The Kier molecular flexibility index (Phi) is 2.16. The van der Waals surface area contributed by atoms with Gasteiger partial charge in [0.2, 0.25) is 5.69 Å². The van der Waals surface area contributed by atoms with Gasteiger partial charge in [-0.3, -0.25) is 0 Å². The Morgan fingerprint density at radius 1 is 1.55 bits per heavy atom. The molecule has 0 amide bonds. The Balaban J connectivity index is 2.82. The highest BCUT2D eigenvalue weighted by molar-refractivity contribution is 4.93. The summed E-state index contributed by atoms with van der Waals surface area (Å²) in [6.45, 7) is 1.26. The number of nitrogens with one attached hydrogen (secondary N) is 1. The third-order valence-electron chi connectivity index (χ3n) is 1.37. The standard InChI is InChI=1S/C6H9F2N3/c1-4(2)5-3-11(6(7)8)10-9-5/h3-4,6H,1-2H3/p+1. The van der Waals surface area contributed by atoms with Crippen molar-refractivity contribution in [3.63, 3.8) is 0 Å². The number of aromatic amines is 1. The van der Waals surface area contributed by atoms with E-state index >= 15 is 0 Å². The van der Waals surface area contributed by atoms with Crippen LogP contribution in [-0.4, -0.2) is 10.3 Å². The van der Waals surface area contributed by atoms with Gasteiger partial charge in [0.25, 0.3) is 0 Å². The molecule has 0 unspecified atom stereocenters. The molecule has 0 aliphatic carbocycles. The molecule has 0 bridgehead atoms. The summed E-state index contributed by atoms with van der Waals surface area (Å²) >= 11 is 0. The molecule has 0 atom stereocenters. The summed E-state index contributed by atoms with van der Waals surface area (Å²) in [5.41, 5.74) is 0.644. The molecule has 0 aromatic carbocycles. The SMILES string of the molecule is CC(C)c1c[n+](C(F)F)[nH]n1. The summed E-state index contributed by atoms with van der Waals surface area (Å²) < 4.78 is 24.5. The van der Waals surface area contributed by atoms with Gasteiger partial charge in [-0.15, -0.1) is 0 Å². The molecule has 1 N–H and O–H groups in total. The van der Waals surface area contributed by atoms with Gasteiger partial charge in [-0.25, -0.2) is 0 Å². The van der Waals surface area contributed by atoms with Gasteiger partial charge in [0.05, 0.1) is 0 Å². The average Bonchev–Trinajstić information content (AvgIpc) is 2.33. The lowest BCUT2D eigenvalue weighted by atomic mass is 10.2. The molecule has 1 aromatic heterocycles. The molecule has 0 saturated carbocycles. The molecule has 5 heteroatoms. The van der Waals surface area contributed by atoms with Crippen LogP contribution in [0.5, 0.6) is 0 Å². The van der Waals surface area contributed by atoms with Gasteiger partial charge in [0.1, 0.15) is 0 Å². The quantitative estimate of drug-likeness (QED) is 0.651. The summed E-state index contributed by atoms with van der Waals surface area (Å²) in [6, 6.07) is 0. The van der Waals surface area contributed by atoms with Crippen molar-refractivity contribution in [2.75, 3.05) is 0 Å². The Morgan fingerprint density at radius 2 is 2.18 bits per heavy atom. The third kappa shape index (κ3) is 1.72. The first-order chi connectivity index (χ1) is 5.11. The minimum Gasteiger partial charge on any atom is -0.161 e. The van der Waals surface area contributed by atoms with Crippen molar-refractivity contribution in [2.45, 2.75) is 26.3 Å². The largest absolute Gasteiger partial charge is 0.404 e. The second-order valence-corrected chi connectivity index (χ2v) is 2.61. The summed E-state index contributed by atoms with van der Waals surface area (Å²) in [5.74, 6) is 0.172. The molecule has 62 valence electrons. The van der Waals surface area contributed by atoms with Gasteiger partial charge >= 0.3 is 6.55 Å². The molecule has 0 fully saturated rings. The molecule has 3 nitrogen and oxygen atoms in total. The number of rotatable bonds is 2. The second-order valence-electron chi connectivity index (χ2n) is 2.61. The van der Waals surface area contributed by atoms with E-state index in [2.05, 4.69) is 10.3 Å². The van der Waals surface area contributed by atoms with Crippen molar-refractivity contribution in [3.8, 4) is 0 Å². The number of aromatic nitrogens is 3. The molecule has 1 rings (SSSR count). The zero-order valence-corrected chi connectivity index (χ0v) is 6.38. The van der Waals surface area contributed by atoms with Crippen molar-refractivity contribution in [3.05, 3.63) is 11.9 Å². The summed E-state index contributed by atoms with van der Waals surface area (Å²) in [5, 5.41) is 5.90. The summed E-state index contributed by atoms with van der Waals surface area (Å²) in [7, 11) is 0. The molecule has 0 radical (unpaired) electrons. The highest BCUT2D eigenvalue weighted by atomic mass is 19.3. The smallest absolute Gasteiger partial charge is 0.161 e. The van der Waals surface area contributed by atoms with Crippen LogP contribution in [0.3, 0.4) is 0 Å². The predicted octanol–water partition coefficient (Wildman–Crippen LogP) is 1.22. The van der Waals surface area contributed by atoms with Gasteiger partial charge in [-0.2, -0.15) is 8.78 Å². The van der Waals surface area contributed by atoms with Gasteiger partial charge < -0.3 is 0 Å². The van der Waals surface area contributed by atoms with Crippen LogP contribution in [0.2, 0.25) is 0 Å². The van der Waals surface area contributed by atoms with E-state index in [0.717, 1.165) is 0 Å². The Labute approximate surface area is 63.0 Å². The second kappa shape index (κ2) is 2.94. The normalized spacial score (nSPS) is 11.5. The van der Waals surface area contributed by atoms with Gasteiger partial charge in [-0.1, -0.05) is 23.7 Å². The van der Waals surface area contributed by atoms with E-state index in [1.54, 1.807) is 0 Å². The lowest BCUT2D eigenvalue weighted by Gasteiger charge is -1.89. The summed E-state index contributed by atoms with van der Waals surface area (Å²) in [4.78, 5) is 0. The average molecular weight is 162 g/mol. The molecule has 11 heavy (non-hydrogen) atoms. The van der Waals surface area contributed by atoms with E-state index in [4.69, 9.17) is 0 Å². The number of H-pyrrole nitrogens is 1. The number of hydrogen-bond donors (Lipinski definition) is 1. The van der Waals surface area contributed by atoms with E-state index in [-0.39, 0.29) is 5.92 Å². The lowest BCUT2D eigenvalue weighted by Crippen LogP contribution is -2.35. The van der Waals surface area contributed by atoms with E-state index in [1.165, 1.54) is 6.20 Å². The lowest BCUT2D eigenvalue weighted by molar-refractivity contribution is -0.821.